The minimum absolute atomic E-state index is 0.189. The van der Waals surface area contributed by atoms with E-state index in [9.17, 15) is 9.90 Å². The van der Waals surface area contributed by atoms with Crippen LogP contribution in [0.15, 0.2) is 18.2 Å². The number of carbonyl (C=O) groups excluding carboxylic acids is 1. The smallest absolute Gasteiger partial charge is 0.222 e. The predicted octanol–water partition coefficient (Wildman–Crippen LogP) is 1.79. The normalized spacial score (nSPS) is 19.7. The number of amides is 1. The highest BCUT2D eigenvalue weighted by Gasteiger charge is 2.24. The van der Waals surface area contributed by atoms with Crippen LogP contribution in [0.1, 0.15) is 38.2 Å². The molecular formula is C16H25N3O2. The number of aliphatic hydroxyl groups is 1. The van der Waals surface area contributed by atoms with E-state index in [2.05, 4.69) is 5.32 Å². The van der Waals surface area contributed by atoms with Crippen molar-refractivity contribution >= 4 is 17.3 Å². The molecule has 5 heteroatoms. The molecule has 2 rings (SSSR count). The van der Waals surface area contributed by atoms with Crippen LogP contribution in [0.3, 0.4) is 0 Å². The van der Waals surface area contributed by atoms with Crippen LogP contribution in [-0.2, 0) is 4.79 Å². The maximum atomic E-state index is 11.8. The summed E-state index contributed by atoms with van der Waals surface area (Å²) in [5.74, 6) is 0.438. The summed E-state index contributed by atoms with van der Waals surface area (Å²) in [5.41, 5.74) is 7.88. The van der Waals surface area contributed by atoms with E-state index in [-0.39, 0.29) is 11.8 Å². The first kappa shape index (κ1) is 15.6. The fraction of sp³-hybridized carbons (Fsp3) is 0.562. The third kappa shape index (κ3) is 4.11. The maximum Gasteiger partial charge on any atom is 0.222 e. The molecule has 4 N–H and O–H groups in total. The molecule has 1 saturated heterocycles. The summed E-state index contributed by atoms with van der Waals surface area (Å²) in [6, 6.07) is 5.89. The molecule has 1 amide bonds. The fourth-order valence-electron chi connectivity index (χ4n) is 2.54. The summed E-state index contributed by atoms with van der Waals surface area (Å²) in [5, 5.41) is 12.9. The van der Waals surface area contributed by atoms with Gasteiger partial charge in [-0.25, -0.2) is 0 Å². The number of nitrogens with zero attached hydrogens (tertiary/aromatic N) is 1. The molecule has 1 heterocycles. The molecule has 0 spiro atoms. The van der Waals surface area contributed by atoms with Crippen LogP contribution in [0.4, 0.5) is 11.4 Å². The predicted molar refractivity (Wildman–Crippen MR) is 85.3 cm³/mol. The first-order valence-corrected chi connectivity index (χ1v) is 7.36. The van der Waals surface area contributed by atoms with Crippen molar-refractivity contribution in [2.45, 2.75) is 38.2 Å². The van der Waals surface area contributed by atoms with Gasteiger partial charge in [0, 0.05) is 26.6 Å². The standard InChI is InChI=1S/C16H25N3O2/c1-16(2,21)10-18-14-5-4-11(8-13(14)17)12-6-7-19(3)15(20)9-12/h4-5,8,12,18,21H,6-7,9-10,17H2,1-3H3. The Morgan fingerprint density at radius 1 is 1.48 bits per heavy atom. The number of hydrogen-bond donors (Lipinski definition) is 3. The Bertz CT molecular complexity index is 523. The van der Waals surface area contributed by atoms with Gasteiger partial charge in [-0.05, 0) is 43.9 Å². The lowest BCUT2D eigenvalue weighted by Gasteiger charge is -2.29. The van der Waals surface area contributed by atoms with Gasteiger partial charge in [-0.15, -0.1) is 0 Å². The van der Waals surface area contributed by atoms with Gasteiger partial charge in [-0.1, -0.05) is 6.07 Å². The number of anilines is 2. The summed E-state index contributed by atoms with van der Waals surface area (Å²) in [6.07, 6.45) is 1.52. The van der Waals surface area contributed by atoms with E-state index in [1.165, 1.54) is 0 Å². The molecule has 1 aliphatic heterocycles. The lowest BCUT2D eigenvalue weighted by Crippen LogP contribution is -2.34. The van der Waals surface area contributed by atoms with Crippen LogP contribution in [0.25, 0.3) is 0 Å². The lowest BCUT2D eigenvalue weighted by molar-refractivity contribution is -0.132. The highest BCUT2D eigenvalue weighted by atomic mass is 16.3. The van der Waals surface area contributed by atoms with Crippen LogP contribution >= 0.6 is 0 Å². The van der Waals surface area contributed by atoms with Gasteiger partial charge < -0.3 is 21.1 Å². The number of likely N-dealkylation sites (tertiary alicyclic amines) is 1. The minimum Gasteiger partial charge on any atom is -0.397 e. The van der Waals surface area contributed by atoms with Crippen molar-refractivity contribution in [2.75, 3.05) is 31.2 Å². The zero-order valence-electron chi connectivity index (χ0n) is 13.0. The molecule has 0 aromatic heterocycles. The third-order valence-electron chi connectivity index (χ3n) is 3.92. The monoisotopic (exact) mass is 291 g/mol. The van der Waals surface area contributed by atoms with Crippen molar-refractivity contribution < 1.29 is 9.90 Å². The van der Waals surface area contributed by atoms with Gasteiger partial charge in [0.25, 0.3) is 0 Å². The van der Waals surface area contributed by atoms with Crippen LogP contribution in [0, 0.1) is 0 Å². The van der Waals surface area contributed by atoms with E-state index in [0.29, 0.717) is 18.7 Å². The zero-order valence-corrected chi connectivity index (χ0v) is 13.0. The molecule has 1 unspecified atom stereocenters. The van der Waals surface area contributed by atoms with Gasteiger partial charge in [-0.3, -0.25) is 4.79 Å². The van der Waals surface area contributed by atoms with Crippen molar-refractivity contribution in [1.29, 1.82) is 0 Å². The first-order valence-electron chi connectivity index (χ1n) is 7.36. The van der Waals surface area contributed by atoms with E-state index in [1.807, 2.05) is 25.2 Å². The Hall–Kier alpha value is -1.75. The zero-order chi connectivity index (χ0) is 15.6. The Morgan fingerprint density at radius 2 is 2.19 bits per heavy atom. The van der Waals surface area contributed by atoms with Gasteiger partial charge >= 0.3 is 0 Å². The number of benzene rings is 1. The number of nitrogen functional groups attached to an aromatic ring is 1. The Kier molecular flexibility index (Phi) is 4.42. The largest absolute Gasteiger partial charge is 0.397 e. The second kappa shape index (κ2) is 5.93. The molecule has 1 fully saturated rings. The fourth-order valence-corrected chi connectivity index (χ4v) is 2.54. The number of rotatable bonds is 4. The van der Waals surface area contributed by atoms with Crippen LogP contribution in [0.2, 0.25) is 0 Å². The van der Waals surface area contributed by atoms with Crippen LogP contribution in [0.5, 0.6) is 0 Å². The van der Waals surface area contributed by atoms with E-state index < -0.39 is 5.60 Å². The molecular weight excluding hydrogens is 266 g/mol. The molecule has 0 saturated carbocycles. The number of carbonyl (C=O) groups is 1. The second-order valence-electron chi connectivity index (χ2n) is 6.52. The van der Waals surface area contributed by atoms with E-state index >= 15 is 0 Å². The molecule has 0 radical (unpaired) electrons. The minimum atomic E-state index is -0.786. The summed E-state index contributed by atoms with van der Waals surface area (Å²) >= 11 is 0. The van der Waals surface area contributed by atoms with Crippen molar-refractivity contribution in [3.63, 3.8) is 0 Å². The summed E-state index contributed by atoms with van der Waals surface area (Å²) < 4.78 is 0. The number of nitrogens with two attached hydrogens (primary N) is 1. The number of piperidine rings is 1. The van der Waals surface area contributed by atoms with Crippen LogP contribution in [-0.4, -0.2) is 41.7 Å². The molecule has 116 valence electrons. The highest BCUT2D eigenvalue weighted by Crippen LogP contribution is 2.31. The molecule has 1 aliphatic rings. The van der Waals surface area contributed by atoms with Crippen LogP contribution < -0.4 is 11.1 Å². The SMILES string of the molecule is CN1CCC(c2ccc(NCC(C)(C)O)c(N)c2)CC1=O. The summed E-state index contributed by atoms with van der Waals surface area (Å²) in [4.78, 5) is 13.6. The molecule has 1 atom stereocenters. The van der Waals surface area contributed by atoms with Gasteiger partial charge in [-0.2, -0.15) is 0 Å². The maximum absolute atomic E-state index is 11.8. The van der Waals surface area contributed by atoms with Crippen molar-refractivity contribution in [2.24, 2.45) is 0 Å². The Morgan fingerprint density at radius 3 is 2.76 bits per heavy atom. The quantitative estimate of drug-likeness (QED) is 0.739. The molecule has 1 aromatic rings. The summed E-state index contributed by atoms with van der Waals surface area (Å²) in [7, 11) is 1.84. The van der Waals surface area contributed by atoms with Gasteiger partial charge in [0.15, 0.2) is 0 Å². The van der Waals surface area contributed by atoms with E-state index in [1.54, 1.807) is 18.7 Å². The van der Waals surface area contributed by atoms with Crippen molar-refractivity contribution in [3.8, 4) is 0 Å². The molecule has 21 heavy (non-hydrogen) atoms. The molecule has 5 nitrogen and oxygen atoms in total. The molecule has 0 bridgehead atoms. The second-order valence-corrected chi connectivity index (χ2v) is 6.52. The first-order chi connectivity index (χ1) is 9.76. The Labute approximate surface area is 126 Å². The van der Waals surface area contributed by atoms with E-state index in [4.69, 9.17) is 5.73 Å². The van der Waals surface area contributed by atoms with Gasteiger partial charge in [0.1, 0.15) is 0 Å². The topological polar surface area (TPSA) is 78.6 Å². The average Bonchev–Trinajstić information content (AvgIpc) is 2.39. The Balaban J connectivity index is 2.07. The van der Waals surface area contributed by atoms with E-state index in [0.717, 1.165) is 24.2 Å². The highest BCUT2D eigenvalue weighted by molar-refractivity contribution is 5.78. The average molecular weight is 291 g/mol. The molecule has 0 aliphatic carbocycles. The van der Waals surface area contributed by atoms with Gasteiger partial charge in [0.2, 0.25) is 5.91 Å². The third-order valence-corrected chi connectivity index (χ3v) is 3.92. The lowest BCUT2D eigenvalue weighted by atomic mass is 9.89. The van der Waals surface area contributed by atoms with Crippen molar-refractivity contribution in [3.05, 3.63) is 23.8 Å². The molecule has 1 aromatic carbocycles. The number of nitrogens with one attached hydrogen (secondary N) is 1. The summed E-state index contributed by atoms with van der Waals surface area (Å²) in [6.45, 7) is 4.72. The van der Waals surface area contributed by atoms with Crippen molar-refractivity contribution in [1.82, 2.24) is 4.90 Å². The van der Waals surface area contributed by atoms with Gasteiger partial charge in [0.05, 0.1) is 17.0 Å². The number of hydrogen-bond acceptors (Lipinski definition) is 4.